The number of benzene rings is 1. The number of carbonyl (C=O) groups excluding carboxylic acids is 2. The van der Waals surface area contributed by atoms with Crippen LogP contribution in [-0.2, 0) is 20.7 Å². The number of anilines is 1. The van der Waals surface area contributed by atoms with Crippen molar-refractivity contribution in [1.29, 1.82) is 0 Å². The van der Waals surface area contributed by atoms with Gasteiger partial charge in [-0.2, -0.15) is 0 Å². The molecule has 0 aliphatic heterocycles. The number of nitrogens with two attached hydrogens (primary N) is 1. The van der Waals surface area contributed by atoms with E-state index in [-0.39, 0.29) is 29.7 Å². The number of esters is 2. The Morgan fingerprint density at radius 3 is 2.38 bits per heavy atom. The van der Waals surface area contributed by atoms with Gasteiger partial charge in [-0.25, -0.2) is 4.79 Å². The minimum absolute atomic E-state index is 0.0197. The molecule has 21 heavy (non-hydrogen) atoms. The van der Waals surface area contributed by atoms with Gasteiger partial charge in [0.05, 0.1) is 18.1 Å². The van der Waals surface area contributed by atoms with E-state index in [9.17, 15) is 9.59 Å². The lowest BCUT2D eigenvalue weighted by molar-refractivity contribution is -0.153. The van der Waals surface area contributed by atoms with Gasteiger partial charge in [0.15, 0.2) is 0 Å². The third-order valence-corrected chi connectivity index (χ3v) is 2.51. The van der Waals surface area contributed by atoms with Gasteiger partial charge >= 0.3 is 11.9 Å². The molecular formula is C16H23NO4. The Balaban J connectivity index is 2.91. The Morgan fingerprint density at radius 1 is 1.24 bits per heavy atom. The maximum Gasteiger partial charge on any atom is 0.340 e. The molecule has 0 radical (unpaired) electrons. The van der Waals surface area contributed by atoms with Crippen LogP contribution >= 0.6 is 0 Å². The highest BCUT2D eigenvalue weighted by molar-refractivity contribution is 5.96. The molecule has 1 rings (SSSR count). The van der Waals surface area contributed by atoms with Crippen LogP contribution in [0.1, 0.15) is 50.5 Å². The Hall–Kier alpha value is -2.04. The molecule has 116 valence electrons. The summed E-state index contributed by atoms with van der Waals surface area (Å²) in [5.41, 5.74) is 6.49. The second-order valence-corrected chi connectivity index (χ2v) is 6.10. The van der Waals surface area contributed by atoms with Gasteiger partial charge in [0.25, 0.3) is 0 Å². The molecule has 0 saturated carbocycles. The Kier molecular flexibility index (Phi) is 5.35. The fourth-order valence-corrected chi connectivity index (χ4v) is 1.76. The topological polar surface area (TPSA) is 78.6 Å². The number of carbonyl (C=O) groups is 2. The van der Waals surface area contributed by atoms with Gasteiger partial charge < -0.3 is 15.2 Å². The van der Waals surface area contributed by atoms with Gasteiger partial charge in [0.1, 0.15) is 5.60 Å². The second kappa shape index (κ2) is 6.61. The molecule has 0 aliphatic carbocycles. The van der Waals surface area contributed by atoms with Crippen LogP contribution in [0.3, 0.4) is 0 Å². The van der Waals surface area contributed by atoms with Crippen LogP contribution < -0.4 is 5.73 Å². The van der Waals surface area contributed by atoms with Crippen LogP contribution in [0.25, 0.3) is 0 Å². The predicted octanol–water partition coefficient (Wildman–Crippen LogP) is 2.72. The summed E-state index contributed by atoms with van der Waals surface area (Å²) < 4.78 is 10.4. The summed E-state index contributed by atoms with van der Waals surface area (Å²) in [7, 11) is 0. The zero-order valence-corrected chi connectivity index (χ0v) is 13.2. The molecule has 0 fully saturated rings. The van der Waals surface area contributed by atoms with Crippen molar-refractivity contribution in [2.45, 2.75) is 52.7 Å². The molecule has 5 heteroatoms. The third-order valence-electron chi connectivity index (χ3n) is 2.51. The van der Waals surface area contributed by atoms with Crippen molar-refractivity contribution in [2.24, 2.45) is 0 Å². The quantitative estimate of drug-likeness (QED) is 0.682. The summed E-state index contributed by atoms with van der Waals surface area (Å²) in [6.45, 7) is 8.91. The highest BCUT2D eigenvalue weighted by Crippen LogP contribution is 2.21. The average Bonchev–Trinajstić information content (AvgIpc) is 2.28. The molecule has 5 nitrogen and oxygen atoms in total. The van der Waals surface area contributed by atoms with Crippen molar-refractivity contribution < 1.29 is 19.1 Å². The van der Waals surface area contributed by atoms with Gasteiger partial charge in [-0.1, -0.05) is 12.1 Å². The zero-order valence-electron chi connectivity index (χ0n) is 13.2. The SMILES string of the molecule is CC(C)OC(=O)c1cccc(CC(=O)OC(C)(C)C)c1N. The van der Waals surface area contributed by atoms with Crippen molar-refractivity contribution in [2.75, 3.05) is 5.73 Å². The van der Waals surface area contributed by atoms with E-state index in [0.29, 0.717) is 5.56 Å². The van der Waals surface area contributed by atoms with Gasteiger partial charge in [-0.3, -0.25) is 4.79 Å². The predicted molar refractivity (Wildman–Crippen MR) is 81.0 cm³/mol. The summed E-state index contributed by atoms with van der Waals surface area (Å²) >= 11 is 0. The highest BCUT2D eigenvalue weighted by Gasteiger charge is 2.20. The molecular weight excluding hydrogens is 270 g/mol. The molecule has 2 N–H and O–H groups in total. The van der Waals surface area contributed by atoms with Crippen LogP contribution in [0, 0.1) is 0 Å². The summed E-state index contributed by atoms with van der Waals surface area (Å²) in [4.78, 5) is 23.8. The molecule has 0 atom stereocenters. The van der Waals surface area contributed by atoms with E-state index in [2.05, 4.69) is 0 Å². The van der Waals surface area contributed by atoms with Crippen molar-refractivity contribution in [3.8, 4) is 0 Å². The van der Waals surface area contributed by atoms with Gasteiger partial charge in [-0.15, -0.1) is 0 Å². The first-order valence-electron chi connectivity index (χ1n) is 6.90. The fraction of sp³-hybridized carbons (Fsp3) is 0.500. The van der Waals surface area contributed by atoms with E-state index >= 15 is 0 Å². The Bertz CT molecular complexity index is 530. The largest absolute Gasteiger partial charge is 0.460 e. The zero-order chi connectivity index (χ0) is 16.2. The molecule has 0 saturated heterocycles. The van der Waals surface area contributed by atoms with Crippen LogP contribution in [-0.4, -0.2) is 23.6 Å². The number of para-hydroxylation sites is 1. The maximum atomic E-state index is 11.9. The molecule has 0 aliphatic rings. The number of nitrogen functional groups attached to an aromatic ring is 1. The van der Waals surface area contributed by atoms with Crippen LogP contribution in [0.15, 0.2) is 18.2 Å². The van der Waals surface area contributed by atoms with Crippen molar-refractivity contribution in [3.63, 3.8) is 0 Å². The highest BCUT2D eigenvalue weighted by atomic mass is 16.6. The monoisotopic (exact) mass is 293 g/mol. The normalized spacial score (nSPS) is 11.3. The maximum absolute atomic E-state index is 11.9. The third kappa shape index (κ3) is 5.45. The summed E-state index contributed by atoms with van der Waals surface area (Å²) in [5, 5.41) is 0. The lowest BCUT2D eigenvalue weighted by atomic mass is 10.0. The number of hydrogen-bond donors (Lipinski definition) is 1. The van der Waals surface area contributed by atoms with Gasteiger partial charge in [0.2, 0.25) is 0 Å². The minimum Gasteiger partial charge on any atom is -0.460 e. The average molecular weight is 293 g/mol. The Labute approximate surface area is 125 Å². The summed E-state index contributed by atoms with van der Waals surface area (Å²) in [5.74, 6) is -0.878. The Morgan fingerprint density at radius 2 is 1.86 bits per heavy atom. The van der Waals surface area contributed by atoms with Crippen LogP contribution in [0.2, 0.25) is 0 Å². The first kappa shape index (κ1) is 17.0. The summed E-state index contributed by atoms with van der Waals surface area (Å²) in [6.07, 6.45) is -0.210. The van der Waals surface area contributed by atoms with Gasteiger partial charge in [0, 0.05) is 5.69 Å². The lowest BCUT2D eigenvalue weighted by Crippen LogP contribution is -2.25. The van der Waals surface area contributed by atoms with E-state index in [1.54, 1.807) is 52.8 Å². The van der Waals surface area contributed by atoms with E-state index in [4.69, 9.17) is 15.2 Å². The van der Waals surface area contributed by atoms with E-state index < -0.39 is 11.6 Å². The van der Waals surface area contributed by atoms with Crippen molar-refractivity contribution in [3.05, 3.63) is 29.3 Å². The van der Waals surface area contributed by atoms with Crippen molar-refractivity contribution >= 4 is 17.6 Å². The molecule has 0 spiro atoms. The van der Waals surface area contributed by atoms with Crippen LogP contribution in [0.5, 0.6) is 0 Å². The minimum atomic E-state index is -0.556. The molecule has 1 aromatic rings. The number of hydrogen-bond acceptors (Lipinski definition) is 5. The smallest absolute Gasteiger partial charge is 0.340 e. The van der Waals surface area contributed by atoms with Crippen LogP contribution in [0.4, 0.5) is 5.69 Å². The van der Waals surface area contributed by atoms with E-state index in [1.165, 1.54) is 0 Å². The summed E-state index contributed by atoms with van der Waals surface area (Å²) in [6, 6.07) is 4.96. The van der Waals surface area contributed by atoms with Crippen molar-refractivity contribution in [1.82, 2.24) is 0 Å². The first-order valence-corrected chi connectivity index (χ1v) is 6.90. The first-order chi connectivity index (χ1) is 9.60. The standard InChI is InChI=1S/C16H23NO4/c1-10(2)20-15(19)12-8-6-7-11(14(12)17)9-13(18)21-16(3,4)5/h6-8,10H,9,17H2,1-5H3. The second-order valence-electron chi connectivity index (χ2n) is 6.10. The molecule has 0 unspecified atom stereocenters. The molecule has 1 aromatic carbocycles. The molecule has 0 amide bonds. The number of ether oxygens (including phenoxy) is 2. The lowest BCUT2D eigenvalue weighted by Gasteiger charge is -2.20. The number of rotatable bonds is 4. The fourth-order valence-electron chi connectivity index (χ4n) is 1.76. The van der Waals surface area contributed by atoms with E-state index in [0.717, 1.165) is 0 Å². The van der Waals surface area contributed by atoms with E-state index in [1.807, 2.05) is 0 Å². The molecule has 0 aromatic heterocycles. The molecule has 0 heterocycles. The molecule has 0 bridgehead atoms. The van der Waals surface area contributed by atoms with Gasteiger partial charge in [-0.05, 0) is 46.2 Å².